The Kier molecular flexibility index (Phi) is 2.54. The summed E-state index contributed by atoms with van der Waals surface area (Å²) in [6.45, 7) is 0. The topological polar surface area (TPSA) is 20.2 Å². The Balaban J connectivity index is 2.93. The van der Waals surface area contributed by atoms with E-state index in [9.17, 15) is 13.2 Å². The molecule has 1 N–H and O–H groups in total. The maximum atomic E-state index is 12.0. The summed E-state index contributed by atoms with van der Waals surface area (Å²) in [5.74, 6) is 0. The number of hydrogen-bond acceptors (Lipinski definition) is 1. The van der Waals surface area contributed by atoms with E-state index in [2.05, 4.69) is 0 Å². The first kappa shape index (κ1) is 9.28. The molecular weight excluding hydrogens is 185 g/mol. The minimum absolute atomic E-state index is 0.614. The molecule has 0 aliphatic heterocycles. The average molecular weight is 192 g/mol. The van der Waals surface area contributed by atoms with Crippen molar-refractivity contribution in [1.82, 2.24) is 0 Å². The van der Waals surface area contributed by atoms with Crippen molar-refractivity contribution in [2.45, 2.75) is 6.18 Å². The van der Waals surface area contributed by atoms with Gasteiger partial charge in [-0.05, 0) is 5.19 Å². The highest BCUT2D eigenvalue weighted by Crippen LogP contribution is 2.27. The predicted molar refractivity (Wildman–Crippen MR) is 41.8 cm³/mol. The SMILES string of the molecule is O[SiH2]c1ccc(C(F)(F)F)cc1. The number of hydrogen-bond donors (Lipinski definition) is 1. The van der Waals surface area contributed by atoms with Crippen molar-refractivity contribution in [2.75, 3.05) is 0 Å². The van der Waals surface area contributed by atoms with Crippen molar-refractivity contribution in [2.24, 2.45) is 0 Å². The van der Waals surface area contributed by atoms with E-state index in [1.54, 1.807) is 0 Å². The monoisotopic (exact) mass is 192 g/mol. The number of halogens is 3. The smallest absolute Gasteiger partial charge is 0.416 e. The molecule has 0 fully saturated rings. The summed E-state index contributed by atoms with van der Waals surface area (Å²) in [6, 6.07) is 4.60. The zero-order chi connectivity index (χ0) is 9.19. The van der Waals surface area contributed by atoms with E-state index >= 15 is 0 Å². The van der Waals surface area contributed by atoms with Gasteiger partial charge in [-0.1, -0.05) is 24.3 Å². The predicted octanol–water partition coefficient (Wildman–Crippen LogP) is 0.407. The largest absolute Gasteiger partial charge is 0.433 e. The van der Waals surface area contributed by atoms with Crippen LogP contribution in [0.15, 0.2) is 24.3 Å². The molecule has 0 saturated carbocycles. The average Bonchev–Trinajstić information content (AvgIpc) is 2.03. The normalized spacial score (nSPS) is 12.7. The quantitative estimate of drug-likeness (QED) is 0.639. The Labute approximate surface area is 69.8 Å². The second-order valence-corrected chi connectivity index (χ2v) is 3.49. The Morgan fingerprint density at radius 1 is 1.08 bits per heavy atom. The molecule has 12 heavy (non-hydrogen) atoms. The van der Waals surface area contributed by atoms with Gasteiger partial charge in [0.05, 0.1) is 5.56 Å². The van der Waals surface area contributed by atoms with Gasteiger partial charge in [0.2, 0.25) is 0 Å². The first-order valence-corrected chi connectivity index (χ1v) is 4.65. The van der Waals surface area contributed by atoms with Crippen molar-refractivity contribution in [3.63, 3.8) is 0 Å². The third-order valence-electron chi connectivity index (χ3n) is 1.46. The third kappa shape index (κ3) is 2.08. The van der Waals surface area contributed by atoms with E-state index in [0.29, 0.717) is 5.19 Å². The van der Waals surface area contributed by atoms with Crippen LogP contribution in [-0.2, 0) is 6.18 Å². The van der Waals surface area contributed by atoms with Crippen LogP contribution in [0.25, 0.3) is 0 Å². The van der Waals surface area contributed by atoms with Crippen molar-refractivity contribution in [3.05, 3.63) is 29.8 Å². The van der Waals surface area contributed by atoms with Crippen molar-refractivity contribution in [3.8, 4) is 0 Å². The molecule has 0 heterocycles. The number of alkyl halides is 3. The van der Waals surface area contributed by atoms with Gasteiger partial charge in [0.1, 0.15) is 0 Å². The third-order valence-corrected chi connectivity index (χ3v) is 2.30. The summed E-state index contributed by atoms with van der Waals surface area (Å²) in [4.78, 5) is 8.69. The summed E-state index contributed by atoms with van der Waals surface area (Å²) in [5, 5.41) is 0.614. The van der Waals surface area contributed by atoms with E-state index in [4.69, 9.17) is 4.80 Å². The van der Waals surface area contributed by atoms with Crippen LogP contribution in [0.3, 0.4) is 0 Å². The zero-order valence-electron chi connectivity index (χ0n) is 6.10. The van der Waals surface area contributed by atoms with E-state index in [0.717, 1.165) is 12.1 Å². The van der Waals surface area contributed by atoms with Gasteiger partial charge in [-0.25, -0.2) is 0 Å². The van der Waals surface area contributed by atoms with Gasteiger partial charge in [0, 0.05) is 0 Å². The van der Waals surface area contributed by atoms with E-state index < -0.39 is 21.5 Å². The molecule has 66 valence electrons. The lowest BCUT2D eigenvalue weighted by Crippen LogP contribution is -2.14. The molecule has 0 radical (unpaired) electrons. The standard InChI is InChI=1S/C7H7F3OSi/c8-7(9,10)5-1-3-6(12-11)4-2-5/h1-4,11H,12H2. The highest BCUT2D eigenvalue weighted by atomic mass is 28.2. The maximum Gasteiger partial charge on any atom is 0.416 e. The minimum Gasteiger partial charge on any atom is -0.433 e. The Morgan fingerprint density at radius 3 is 1.92 bits per heavy atom. The number of rotatable bonds is 1. The van der Waals surface area contributed by atoms with Gasteiger partial charge in [0.25, 0.3) is 0 Å². The van der Waals surface area contributed by atoms with E-state index in [1.165, 1.54) is 12.1 Å². The van der Waals surface area contributed by atoms with Crippen LogP contribution >= 0.6 is 0 Å². The molecule has 0 saturated heterocycles. The van der Waals surface area contributed by atoms with Gasteiger partial charge in [-0.3, -0.25) is 0 Å². The summed E-state index contributed by atoms with van der Waals surface area (Å²) in [5.41, 5.74) is -0.673. The lowest BCUT2D eigenvalue weighted by Gasteiger charge is -2.05. The lowest BCUT2D eigenvalue weighted by molar-refractivity contribution is -0.137. The molecule has 1 rings (SSSR count). The van der Waals surface area contributed by atoms with Crippen LogP contribution in [0.1, 0.15) is 5.56 Å². The summed E-state index contributed by atoms with van der Waals surface area (Å²) in [6.07, 6.45) is -4.28. The van der Waals surface area contributed by atoms with Crippen molar-refractivity contribution < 1.29 is 18.0 Å². The molecule has 0 atom stereocenters. The number of benzene rings is 1. The van der Waals surface area contributed by atoms with Gasteiger partial charge < -0.3 is 4.80 Å². The van der Waals surface area contributed by atoms with Crippen LogP contribution in [0.4, 0.5) is 13.2 Å². The Morgan fingerprint density at radius 2 is 1.58 bits per heavy atom. The Bertz CT molecular complexity index is 254. The van der Waals surface area contributed by atoms with E-state index in [1.807, 2.05) is 0 Å². The Hall–Kier alpha value is -0.813. The fourth-order valence-corrected chi connectivity index (χ4v) is 1.25. The van der Waals surface area contributed by atoms with Crippen LogP contribution in [-0.4, -0.2) is 14.6 Å². The fraction of sp³-hybridized carbons (Fsp3) is 0.143. The maximum absolute atomic E-state index is 12.0. The molecule has 0 amide bonds. The lowest BCUT2D eigenvalue weighted by atomic mass is 10.2. The minimum atomic E-state index is -4.28. The van der Waals surface area contributed by atoms with Crippen LogP contribution in [0, 0.1) is 0 Å². The fourth-order valence-electron chi connectivity index (χ4n) is 0.799. The van der Waals surface area contributed by atoms with Gasteiger partial charge in [-0.2, -0.15) is 13.2 Å². The molecule has 1 nitrogen and oxygen atoms in total. The molecule has 5 heteroatoms. The molecule has 0 aromatic heterocycles. The van der Waals surface area contributed by atoms with Gasteiger partial charge in [0.15, 0.2) is 9.76 Å². The molecule has 0 bridgehead atoms. The van der Waals surface area contributed by atoms with Gasteiger partial charge >= 0.3 is 6.18 Å². The molecule has 0 aliphatic rings. The molecule has 0 spiro atoms. The van der Waals surface area contributed by atoms with Crippen LogP contribution in [0.2, 0.25) is 0 Å². The molecule has 1 aromatic carbocycles. The molecule has 0 unspecified atom stereocenters. The molecule has 0 aliphatic carbocycles. The first-order chi connectivity index (χ1) is 5.54. The van der Waals surface area contributed by atoms with E-state index in [-0.39, 0.29) is 0 Å². The summed E-state index contributed by atoms with van der Waals surface area (Å²) < 4.78 is 35.9. The van der Waals surface area contributed by atoms with Gasteiger partial charge in [-0.15, -0.1) is 0 Å². The first-order valence-electron chi connectivity index (χ1n) is 3.31. The molecule has 1 aromatic rings. The summed E-state index contributed by atoms with van der Waals surface area (Å²) in [7, 11) is -1.34. The molecular formula is C7H7F3OSi. The second kappa shape index (κ2) is 3.28. The van der Waals surface area contributed by atoms with Crippen LogP contribution < -0.4 is 5.19 Å². The van der Waals surface area contributed by atoms with Crippen molar-refractivity contribution >= 4 is 14.9 Å². The highest BCUT2D eigenvalue weighted by molar-refractivity contribution is 6.45. The van der Waals surface area contributed by atoms with Crippen molar-refractivity contribution in [1.29, 1.82) is 0 Å². The second-order valence-electron chi connectivity index (χ2n) is 2.35. The van der Waals surface area contributed by atoms with Crippen LogP contribution in [0.5, 0.6) is 0 Å². The highest BCUT2D eigenvalue weighted by Gasteiger charge is 2.29. The zero-order valence-corrected chi connectivity index (χ0v) is 7.51. The summed E-state index contributed by atoms with van der Waals surface area (Å²) >= 11 is 0.